The number of aromatic nitrogens is 1. The molecule has 0 aliphatic carbocycles. The number of urea groups is 1. The van der Waals surface area contributed by atoms with Crippen LogP contribution in [0.25, 0.3) is 10.9 Å². The second kappa shape index (κ2) is 9.47. The number of ether oxygens (including phenoxy) is 1. The number of anilines is 1. The van der Waals surface area contributed by atoms with E-state index in [9.17, 15) is 14.9 Å². The maximum atomic E-state index is 12.5. The van der Waals surface area contributed by atoms with Gasteiger partial charge in [-0.15, -0.1) is 0 Å². The minimum Gasteiger partial charge on any atom is -0.378 e. The van der Waals surface area contributed by atoms with Crippen LogP contribution in [0.2, 0.25) is 0 Å². The quantitative estimate of drug-likeness (QED) is 0.622. The number of hydrogen-bond acceptors (Lipinski definition) is 4. The Kier molecular flexibility index (Phi) is 6.47. The van der Waals surface area contributed by atoms with Crippen LogP contribution in [0.1, 0.15) is 30.5 Å². The summed E-state index contributed by atoms with van der Waals surface area (Å²) in [6.07, 6.45) is 1.13. The monoisotopic (exact) mass is 444 g/mol. The van der Waals surface area contributed by atoms with Gasteiger partial charge in [0.1, 0.15) is 0 Å². The van der Waals surface area contributed by atoms with E-state index in [0.717, 1.165) is 27.6 Å². The zero-order chi connectivity index (χ0) is 23.4. The van der Waals surface area contributed by atoms with Crippen molar-refractivity contribution in [1.29, 1.82) is 5.26 Å². The molecule has 7 heteroatoms. The van der Waals surface area contributed by atoms with Gasteiger partial charge in [-0.3, -0.25) is 4.79 Å². The van der Waals surface area contributed by atoms with E-state index in [-0.39, 0.29) is 11.6 Å². The molecule has 2 heterocycles. The Morgan fingerprint density at radius 2 is 2.00 bits per heavy atom. The molecule has 1 aromatic heterocycles. The summed E-state index contributed by atoms with van der Waals surface area (Å²) in [6, 6.07) is 17.6. The van der Waals surface area contributed by atoms with E-state index in [0.29, 0.717) is 44.8 Å². The van der Waals surface area contributed by atoms with Crippen LogP contribution in [0, 0.1) is 11.3 Å². The first kappa shape index (κ1) is 22.6. The Morgan fingerprint density at radius 3 is 2.73 bits per heavy atom. The fourth-order valence-corrected chi connectivity index (χ4v) is 4.19. The lowest BCUT2D eigenvalue weighted by atomic mass is 9.78. The zero-order valence-corrected chi connectivity index (χ0v) is 19.0. The maximum Gasteiger partial charge on any atom is 0.321 e. The van der Waals surface area contributed by atoms with E-state index in [1.54, 1.807) is 4.90 Å². The van der Waals surface area contributed by atoms with Crippen LogP contribution in [0.4, 0.5) is 10.5 Å². The van der Waals surface area contributed by atoms with E-state index in [2.05, 4.69) is 16.4 Å². The summed E-state index contributed by atoms with van der Waals surface area (Å²) in [4.78, 5) is 29.5. The van der Waals surface area contributed by atoms with Gasteiger partial charge in [0.2, 0.25) is 0 Å². The fraction of sp³-hybridized carbons (Fsp3) is 0.346. The van der Waals surface area contributed by atoms with Crippen LogP contribution in [0.5, 0.6) is 0 Å². The highest BCUT2D eigenvalue weighted by Crippen LogP contribution is 2.30. The second-order valence-electron chi connectivity index (χ2n) is 8.63. The van der Waals surface area contributed by atoms with Crippen molar-refractivity contribution in [1.82, 2.24) is 9.88 Å². The molecule has 33 heavy (non-hydrogen) atoms. The molecule has 1 saturated heterocycles. The topological polar surface area (TPSA) is 98.2 Å². The molecule has 2 N–H and O–H groups in total. The molecular weight excluding hydrogens is 416 g/mol. The number of nitriles is 1. The van der Waals surface area contributed by atoms with Crippen LogP contribution in [-0.2, 0) is 23.0 Å². The largest absolute Gasteiger partial charge is 0.378 e. The highest BCUT2D eigenvalue weighted by Gasteiger charge is 2.28. The van der Waals surface area contributed by atoms with Crippen LogP contribution in [0.3, 0.4) is 0 Å². The first-order chi connectivity index (χ1) is 15.9. The van der Waals surface area contributed by atoms with E-state index < -0.39 is 5.41 Å². The number of morpholine rings is 1. The van der Waals surface area contributed by atoms with E-state index in [1.807, 2.05) is 62.4 Å². The lowest BCUT2D eigenvalue weighted by Crippen LogP contribution is -2.43. The summed E-state index contributed by atoms with van der Waals surface area (Å²) in [6.45, 7) is 6.08. The van der Waals surface area contributed by atoms with Crippen molar-refractivity contribution in [2.75, 3.05) is 31.6 Å². The molecule has 2 amide bonds. The van der Waals surface area contributed by atoms with E-state index in [1.165, 1.54) is 0 Å². The molecule has 1 aliphatic heterocycles. The predicted molar refractivity (Wildman–Crippen MR) is 128 cm³/mol. The van der Waals surface area contributed by atoms with Crippen LogP contribution in [0.15, 0.2) is 53.3 Å². The smallest absolute Gasteiger partial charge is 0.321 e. The number of hydrogen-bond donors (Lipinski definition) is 2. The number of benzene rings is 2. The number of pyridine rings is 1. The Balaban J connectivity index is 1.56. The van der Waals surface area contributed by atoms with Gasteiger partial charge in [0.25, 0.3) is 5.56 Å². The summed E-state index contributed by atoms with van der Waals surface area (Å²) < 4.78 is 5.30. The fourth-order valence-electron chi connectivity index (χ4n) is 4.19. The molecule has 2 aromatic carbocycles. The van der Waals surface area contributed by atoms with Crippen molar-refractivity contribution in [3.05, 3.63) is 75.6 Å². The molecule has 4 rings (SSSR count). The number of fused-ring (bicyclic) bond motifs is 1. The van der Waals surface area contributed by atoms with Gasteiger partial charge in [0.15, 0.2) is 0 Å². The molecule has 1 unspecified atom stereocenters. The highest BCUT2D eigenvalue weighted by molar-refractivity contribution is 5.89. The minimum absolute atomic E-state index is 0.0930. The van der Waals surface area contributed by atoms with E-state index >= 15 is 0 Å². The average Bonchev–Trinajstić information content (AvgIpc) is 2.84. The second-order valence-corrected chi connectivity index (χ2v) is 8.63. The molecule has 1 aliphatic rings. The lowest BCUT2D eigenvalue weighted by Gasteiger charge is -2.27. The number of aryl methyl sites for hydroxylation is 1. The van der Waals surface area contributed by atoms with Crippen molar-refractivity contribution in [2.24, 2.45) is 0 Å². The Morgan fingerprint density at radius 1 is 1.21 bits per heavy atom. The lowest BCUT2D eigenvalue weighted by molar-refractivity contribution is 0.0564. The molecular formula is C26H28N4O3. The van der Waals surface area contributed by atoms with Crippen LogP contribution in [-0.4, -0.2) is 42.2 Å². The Bertz CT molecular complexity index is 1270. The molecule has 0 saturated carbocycles. The average molecular weight is 445 g/mol. The predicted octanol–water partition coefficient (Wildman–Crippen LogP) is 3.98. The number of amides is 2. The number of carbonyl (C=O) groups excluding carboxylic acids is 1. The van der Waals surface area contributed by atoms with Crippen molar-refractivity contribution >= 4 is 22.6 Å². The molecule has 1 fully saturated rings. The summed E-state index contributed by atoms with van der Waals surface area (Å²) in [7, 11) is 0. The van der Waals surface area contributed by atoms with Gasteiger partial charge in [-0.25, -0.2) is 4.79 Å². The van der Waals surface area contributed by atoms with E-state index in [4.69, 9.17) is 4.74 Å². The first-order valence-corrected chi connectivity index (χ1v) is 11.2. The van der Waals surface area contributed by atoms with Crippen LogP contribution < -0.4 is 10.9 Å². The number of nitrogens with one attached hydrogen (secondary N) is 2. The third-order valence-electron chi connectivity index (χ3n) is 6.22. The number of carbonyl (C=O) groups is 1. The van der Waals surface area contributed by atoms with Crippen molar-refractivity contribution in [2.45, 2.75) is 32.1 Å². The standard InChI is InChI=1S/C26H28N4O3/c1-3-19-14-20-7-8-21(15-23(20)29-24(19)31)26(2,17-27)16-18-5-4-6-22(13-18)28-25(32)30-9-11-33-12-10-30/h4-8,13-15H,3,9-12,16H2,1-2H3,(H,28,32)(H,29,31). The van der Waals surface area contributed by atoms with Gasteiger partial charge in [-0.1, -0.05) is 31.2 Å². The van der Waals surface area contributed by atoms with Crippen molar-refractivity contribution < 1.29 is 9.53 Å². The molecule has 1 atom stereocenters. The molecule has 0 spiro atoms. The third kappa shape index (κ3) is 4.91. The highest BCUT2D eigenvalue weighted by atomic mass is 16.5. The number of H-pyrrole nitrogens is 1. The van der Waals surface area contributed by atoms with Gasteiger partial charge >= 0.3 is 6.03 Å². The maximum absolute atomic E-state index is 12.5. The first-order valence-electron chi connectivity index (χ1n) is 11.2. The molecule has 3 aromatic rings. The third-order valence-corrected chi connectivity index (χ3v) is 6.22. The number of rotatable bonds is 5. The van der Waals surface area contributed by atoms with Gasteiger partial charge < -0.3 is 19.9 Å². The van der Waals surface area contributed by atoms with Crippen molar-refractivity contribution in [3.8, 4) is 6.07 Å². The molecule has 0 radical (unpaired) electrons. The number of aromatic amines is 1. The Hall–Kier alpha value is -3.63. The summed E-state index contributed by atoms with van der Waals surface area (Å²) in [5.74, 6) is 0. The summed E-state index contributed by atoms with van der Waals surface area (Å²) in [5.41, 5.74) is 3.04. The van der Waals surface area contributed by atoms with Gasteiger partial charge in [0.05, 0.1) is 24.7 Å². The molecule has 7 nitrogen and oxygen atoms in total. The van der Waals surface area contributed by atoms with Gasteiger partial charge in [0, 0.05) is 29.9 Å². The van der Waals surface area contributed by atoms with Gasteiger partial charge in [-0.05, 0) is 60.5 Å². The number of nitrogens with zero attached hydrogens (tertiary/aromatic N) is 2. The normalized spacial score (nSPS) is 15.6. The summed E-state index contributed by atoms with van der Waals surface area (Å²) in [5, 5.41) is 14.0. The summed E-state index contributed by atoms with van der Waals surface area (Å²) >= 11 is 0. The molecule has 0 bridgehead atoms. The van der Waals surface area contributed by atoms with Crippen LogP contribution >= 0.6 is 0 Å². The van der Waals surface area contributed by atoms with Gasteiger partial charge in [-0.2, -0.15) is 5.26 Å². The minimum atomic E-state index is -0.804. The zero-order valence-electron chi connectivity index (χ0n) is 19.0. The SMILES string of the molecule is CCc1cc2ccc(C(C)(C#N)Cc3cccc(NC(=O)N4CCOCC4)c3)cc2[nH]c1=O. The Labute approximate surface area is 193 Å². The van der Waals surface area contributed by atoms with Crippen molar-refractivity contribution in [3.63, 3.8) is 0 Å². The molecule has 170 valence electrons.